The number of fused-ring (bicyclic) bond motifs is 1. The van der Waals surface area contributed by atoms with Gasteiger partial charge in [-0.3, -0.25) is 4.79 Å². The predicted molar refractivity (Wildman–Crippen MR) is 118 cm³/mol. The molecule has 154 valence electrons. The first kappa shape index (κ1) is 21.4. The van der Waals surface area contributed by atoms with Crippen LogP contribution in [-0.4, -0.2) is 24.5 Å². The van der Waals surface area contributed by atoms with Gasteiger partial charge in [0.1, 0.15) is 6.04 Å². The van der Waals surface area contributed by atoms with Crippen molar-refractivity contribution in [2.75, 3.05) is 11.9 Å². The number of hydrogen-bond acceptors (Lipinski definition) is 4. The number of carbonyl (C=O) groups excluding carboxylic acids is 2. The van der Waals surface area contributed by atoms with Crippen molar-refractivity contribution in [3.63, 3.8) is 0 Å². The maximum atomic E-state index is 12.7. The van der Waals surface area contributed by atoms with E-state index in [-0.39, 0.29) is 18.9 Å². The van der Waals surface area contributed by atoms with Gasteiger partial charge in [-0.25, -0.2) is 4.79 Å². The molecule has 31 heavy (non-hydrogen) atoms. The molecule has 3 N–H and O–H groups in total. The highest BCUT2D eigenvalue weighted by molar-refractivity contribution is 5.94. The van der Waals surface area contributed by atoms with E-state index in [9.17, 15) is 9.59 Å². The average molecular weight is 411 g/mol. The first-order valence-corrected chi connectivity index (χ1v) is 9.79. The smallest absolute Gasteiger partial charge is 0.319 e. The number of nitriles is 2. The van der Waals surface area contributed by atoms with Gasteiger partial charge in [0.25, 0.3) is 0 Å². The molecule has 1 unspecified atom stereocenters. The van der Waals surface area contributed by atoms with Gasteiger partial charge in [0.2, 0.25) is 5.91 Å². The largest absolute Gasteiger partial charge is 0.353 e. The Hall–Kier alpha value is -4.36. The maximum Gasteiger partial charge on any atom is 0.319 e. The Labute approximate surface area is 180 Å². The first-order chi connectivity index (χ1) is 15.1. The molecule has 0 aliphatic heterocycles. The zero-order chi connectivity index (χ0) is 22.1. The predicted octanol–water partition coefficient (Wildman–Crippen LogP) is 3.47. The molecule has 0 fully saturated rings. The third-order valence-electron chi connectivity index (χ3n) is 4.68. The minimum absolute atomic E-state index is 0.186. The molecular weight excluding hydrogens is 390 g/mol. The van der Waals surface area contributed by atoms with Crippen molar-refractivity contribution in [1.29, 1.82) is 10.5 Å². The monoisotopic (exact) mass is 411 g/mol. The zero-order valence-corrected chi connectivity index (χ0v) is 16.8. The van der Waals surface area contributed by atoms with Gasteiger partial charge in [-0.1, -0.05) is 42.5 Å². The molecule has 1 atom stereocenters. The lowest BCUT2D eigenvalue weighted by atomic mass is 10.0. The fourth-order valence-corrected chi connectivity index (χ4v) is 3.13. The van der Waals surface area contributed by atoms with Crippen LogP contribution in [-0.2, 0) is 11.2 Å². The van der Waals surface area contributed by atoms with Crippen LogP contribution in [0.5, 0.6) is 0 Å². The lowest BCUT2D eigenvalue weighted by Gasteiger charge is -2.19. The topological polar surface area (TPSA) is 118 Å². The summed E-state index contributed by atoms with van der Waals surface area (Å²) in [5, 5.41) is 27.8. The van der Waals surface area contributed by atoms with Gasteiger partial charge in [-0.2, -0.15) is 10.5 Å². The summed E-state index contributed by atoms with van der Waals surface area (Å²) in [4.78, 5) is 25.2. The van der Waals surface area contributed by atoms with Crippen LogP contribution in [0, 0.1) is 22.7 Å². The number of amides is 3. The number of nitrogens with zero attached hydrogens (tertiary/aromatic N) is 2. The quantitative estimate of drug-likeness (QED) is 0.516. The van der Waals surface area contributed by atoms with E-state index >= 15 is 0 Å². The second-order valence-corrected chi connectivity index (χ2v) is 6.92. The van der Waals surface area contributed by atoms with Gasteiger partial charge >= 0.3 is 6.03 Å². The Morgan fingerprint density at radius 2 is 1.68 bits per heavy atom. The molecule has 0 heterocycles. The Balaban J connectivity index is 1.72. The Morgan fingerprint density at radius 1 is 0.935 bits per heavy atom. The summed E-state index contributed by atoms with van der Waals surface area (Å²) in [5.74, 6) is -0.363. The van der Waals surface area contributed by atoms with Gasteiger partial charge in [-0.15, -0.1) is 0 Å². The minimum atomic E-state index is -0.821. The molecule has 7 heteroatoms. The second kappa shape index (κ2) is 10.4. The third-order valence-corrected chi connectivity index (χ3v) is 4.68. The zero-order valence-electron chi connectivity index (χ0n) is 16.8. The molecule has 3 aromatic rings. The summed E-state index contributed by atoms with van der Waals surface area (Å²) >= 11 is 0. The van der Waals surface area contributed by atoms with E-state index in [0.29, 0.717) is 17.7 Å². The Morgan fingerprint density at radius 3 is 2.39 bits per heavy atom. The molecule has 0 saturated heterocycles. The van der Waals surface area contributed by atoms with E-state index < -0.39 is 12.1 Å². The van der Waals surface area contributed by atoms with Crippen LogP contribution in [0.2, 0.25) is 0 Å². The highest BCUT2D eigenvalue weighted by atomic mass is 16.2. The number of anilines is 1. The van der Waals surface area contributed by atoms with E-state index in [2.05, 4.69) is 16.0 Å². The summed E-state index contributed by atoms with van der Waals surface area (Å²) in [7, 11) is 0. The van der Waals surface area contributed by atoms with Crippen molar-refractivity contribution in [1.82, 2.24) is 10.6 Å². The number of benzene rings is 3. The van der Waals surface area contributed by atoms with E-state index in [1.54, 1.807) is 24.3 Å². The van der Waals surface area contributed by atoms with Crippen molar-refractivity contribution in [3.05, 3.63) is 77.9 Å². The lowest BCUT2D eigenvalue weighted by Crippen LogP contribution is -2.49. The molecule has 3 rings (SSSR count). The highest BCUT2D eigenvalue weighted by Crippen LogP contribution is 2.17. The van der Waals surface area contributed by atoms with Crippen molar-refractivity contribution in [3.8, 4) is 12.1 Å². The molecule has 0 aliphatic rings. The molecule has 3 aromatic carbocycles. The summed E-state index contributed by atoms with van der Waals surface area (Å²) in [6.45, 7) is 0.211. The number of nitrogens with one attached hydrogen (secondary N) is 3. The molecule has 0 bridgehead atoms. The average Bonchev–Trinajstić information content (AvgIpc) is 2.79. The fraction of sp³-hybridized carbons (Fsp3) is 0.167. The summed E-state index contributed by atoms with van der Waals surface area (Å²) in [6.07, 6.45) is 0.482. The van der Waals surface area contributed by atoms with E-state index in [0.717, 1.165) is 16.3 Å². The number of hydrogen-bond donors (Lipinski definition) is 3. The molecule has 7 nitrogen and oxygen atoms in total. The van der Waals surface area contributed by atoms with Crippen molar-refractivity contribution in [2.45, 2.75) is 18.9 Å². The molecule has 0 aliphatic carbocycles. The summed E-state index contributed by atoms with van der Waals surface area (Å²) in [6, 6.07) is 22.9. The highest BCUT2D eigenvalue weighted by Gasteiger charge is 2.21. The van der Waals surface area contributed by atoms with E-state index in [1.807, 2.05) is 54.6 Å². The summed E-state index contributed by atoms with van der Waals surface area (Å²) in [5.41, 5.74) is 1.89. The molecular formula is C24H21N5O2. The van der Waals surface area contributed by atoms with Crippen LogP contribution in [0.4, 0.5) is 10.5 Å². The van der Waals surface area contributed by atoms with Crippen molar-refractivity contribution >= 4 is 28.4 Å². The van der Waals surface area contributed by atoms with Gasteiger partial charge < -0.3 is 16.0 Å². The van der Waals surface area contributed by atoms with Crippen LogP contribution in [0.15, 0.2) is 66.7 Å². The maximum absolute atomic E-state index is 12.7. The summed E-state index contributed by atoms with van der Waals surface area (Å²) < 4.78 is 0. The van der Waals surface area contributed by atoms with Gasteiger partial charge in [0, 0.05) is 18.7 Å². The second-order valence-electron chi connectivity index (χ2n) is 6.92. The molecule has 0 radical (unpaired) electrons. The van der Waals surface area contributed by atoms with Gasteiger partial charge in [0.15, 0.2) is 0 Å². The number of urea groups is 1. The van der Waals surface area contributed by atoms with E-state index in [4.69, 9.17) is 10.5 Å². The molecule has 3 amide bonds. The number of carbonyl (C=O) groups is 2. The Kier molecular flexibility index (Phi) is 7.18. The van der Waals surface area contributed by atoms with Crippen molar-refractivity contribution < 1.29 is 9.59 Å². The number of rotatable bonds is 7. The van der Waals surface area contributed by atoms with Gasteiger partial charge in [0.05, 0.1) is 24.1 Å². The van der Waals surface area contributed by atoms with Gasteiger partial charge in [-0.05, 0) is 40.6 Å². The standard InChI is InChI=1S/C24H21N5O2/c25-12-3-13-27-23(30)22(15-18-6-9-19-4-1-2-5-20(19)14-18)29-24(31)28-21-10-7-17(16-26)8-11-21/h1-2,4-11,14,22H,3,13,15H2,(H,27,30)(H2,28,29,31). The lowest BCUT2D eigenvalue weighted by molar-refractivity contribution is -0.122. The van der Waals surface area contributed by atoms with Crippen LogP contribution >= 0.6 is 0 Å². The first-order valence-electron chi connectivity index (χ1n) is 9.79. The SMILES string of the molecule is N#CCCNC(=O)C(Cc1ccc2ccccc2c1)NC(=O)Nc1ccc(C#N)cc1. The Bertz CT molecular complexity index is 1160. The molecule has 0 saturated carbocycles. The van der Waals surface area contributed by atoms with Crippen LogP contribution in [0.1, 0.15) is 17.5 Å². The minimum Gasteiger partial charge on any atom is -0.353 e. The van der Waals surface area contributed by atoms with Crippen molar-refractivity contribution in [2.24, 2.45) is 0 Å². The van der Waals surface area contributed by atoms with Crippen LogP contribution in [0.25, 0.3) is 10.8 Å². The molecule has 0 spiro atoms. The fourth-order valence-electron chi connectivity index (χ4n) is 3.13. The van der Waals surface area contributed by atoms with Crippen LogP contribution < -0.4 is 16.0 Å². The third kappa shape index (κ3) is 6.06. The molecule has 0 aromatic heterocycles. The van der Waals surface area contributed by atoms with Crippen LogP contribution in [0.3, 0.4) is 0 Å². The van der Waals surface area contributed by atoms with E-state index in [1.165, 1.54) is 0 Å². The normalized spacial score (nSPS) is 11.0.